The van der Waals surface area contributed by atoms with E-state index < -0.39 is 11.7 Å². The van der Waals surface area contributed by atoms with E-state index in [-0.39, 0.29) is 13.2 Å². The Morgan fingerprint density at radius 1 is 1.42 bits per heavy atom. The van der Waals surface area contributed by atoms with Crippen LogP contribution in [0.3, 0.4) is 0 Å². The first kappa shape index (κ1) is 19.9. The van der Waals surface area contributed by atoms with E-state index >= 15 is 0 Å². The minimum atomic E-state index is -0.478. The first-order chi connectivity index (χ1) is 12.5. The fourth-order valence-corrected chi connectivity index (χ4v) is 2.67. The molecule has 0 amide bonds. The van der Waals surface area contributed by atoms with Crippen LogP contribution in [0.15, 0.2) is 57.3 Å². The molecule has 1 heterocycles. The van der Waals surface area contributed by atoms with E-state index in [1.165, 1.54) is 6.07 Å². The van der Waals surface area contributed by atoms with Gasteiger partial charge < -0.3 is 14.3 Å². The van der Waals surface area contributed by atoms with E-state index in [2.05, 4.69) is 11.5 Å². The van der Waals surface area contributed by atoms with Gasteiger partial charge in [-0.25, -0.2) is 9.68 Å². The predicted molar refractivity (Wildman–Crippen MR) is 99.4 cm³/mol. The fraction of sp³-hybridized carbons (Fsp3) is 0.350. The summed E-state index contributed by atoms with van der Waals surface area (Å²) in [5, 5.41) is 19.1. The van der Waals surface area contributed by atoms with Crippen LogP contribution in [-0.4, -0.2) is 29.7 Å². The van der Waals surface area contributed by atoms with Gasteiger partial charge in [0, 0.05) is 0 Å². The van der Waals surface area contributed by atoms with Crippen molar-refractivity contribution in [2.75, 3.05) is 13.2 Å². The zero-order valence-corrected chi connectivity index (χ0v) is 15.0. The van der Waals surface area contributed by atoms with E-state index in [0.717, 1.165) is 16.5 Å². The van der Waals surface area contributed by atoms with Gasteiger partial charge >= 0.3 is 5.63 Å². The SMILES string of the molecule is C=C(C)[C@@H](CC/C(=C/COc1cc(=O)oc2cccc(C)c12)CO)OO. The van der Waals surface area contributed by atoms with Crippen molar-refractivity contribution in [3.63, 3.8) is 0 Å². The Hall–Kier alpha value is -2.41. The van der Waals surface area contributed by atoms with Gasteiger partial charge in [-0.15, -0.1) is 0 Å². The first-order valence-corrected chi connectivity index (χ1v) is 8.37. The number of ether oxygens (including phenoxy) is 1. The number of benzene rings is 1. The highest BCUT2D eigenvalue weighted by molar-refractivity contribution is 5.86. The van der Waals surface area contributed by atoms with Crippen molar-refractivity contribution in [3.05, 3.63) is 64.1 Å². The highest BCUT2D eigenvalue weighted by Crippen LogP contribution is 2.27. The summed E-state index contributed by atoms with van der Waals surface area (Å²) in [6.07, 6.45) is 2.30. The maximum atomic E-state index is 11.7. The van der Waals surface area contributed by atoms with E-state index in [9.17, 15) is 9.90 Å². The van der Waals surface area contributed by atoms with Crippen molar-refractivity contribution >= 4 is 11.0 Å². The molecule has 0 saturated carbocycles. The number of hydrogen-bond donors (Lipinski definition) is 2. The summed E-state index contributed by atoms with van der Waals surface area (Å²) in [4.78, 5) is 16.1. The molecular formula is C20H24O6. The quantitative estimate of drug-likeness (QED) is 0.307. The number of rotatable bonds is 9. The lowest BCUT2D eigenvalue weighted by molar-refractivity contribution is -0.269. The van der Waals surface area contributed by atoms with Crippen molar-refractivity contribution in [2.24, 2.45) is 0 Å². The van der Waals surface area contributed by atoms with Crippen molar-refractivity contribution < 1.29 is 24.4 Å². The molecule has 6 nitrogen and oxygen atoms in total. The largest absolute Gasteiger partial charge is 0.488 e. The van der Waals surface area contributed by atoms with Gasteiger partial charge in [-0.2, -0.15) is 0 Å². The zero-order valence-electron chi connectivity index (χ0n) is 15.0. The minimum Gasteiger partial charge on any atom is -0.488 e. The summed E-state index contributed by atoms with van der Waals surface area (Å²) in [7, 11) is 0. The molecule has 0 radical (unpaired) electrons. The molecule has 1 aromatic carbocycles. The van der Waals surface area contributed by atoms with Crippen LogP contribution in [0.2, 0.25) is 0 Å². The fourth-order valence-electron chi connectivity index (χ4n) is 2.67. The average Bonchev–Trinajstić information content (AvgIpc) is 2.60. The number of aliphatic hydroxyl groups excluding tert-OH is 1. The van der Waals surface area contributed by atoms with Gasteiger partial charge in [0.25, 0.3) is 0 Å². The third kappa shape index (κ3) is 5.05. The van der Waals surface area contributed by atoms with Gasteiger partial charge in [-0.1, -0.05) is 18.7 Å². The first-order valence-electron chi connectivity index (χ1n) is 8.37. The number of aryl methyl sites for hydroxylation is 1. The zero-order chi connectivity index (χ0) is 19.1. The molecule has 0 aliphatic heterocycles. The molecule has 2 rings (SSSR count). The van der Waals surface area contributed by atoms with E-state index in [1.807, 2.05) is 19.1 Å². The molecular weight excluding hydrogens is 336 g/mol. The average molecular weight is 360 g/mol. The Morgan fingerprint density at radius 2 is 2.19 bits per heavy atom. The Balaban J connectivity index is 2.10. The Labute approximate surface area is 151 Å². The Kier molecular flexibility index (Phi) is 7.15. The molecule has 6 heteroatoms. The second-order valence-electron chi connectivity index (χ2n) is 6.19. The number of aliphatic hydroxyl groups is 1. The maximum absolute atomic E-state index is 11.7. The molecule has 1 atom stereocenters. The summed E-state index contributed by atoms with van der Waals surface area (Å²) >= 11 is 0. The predicted octanol–water partition coefficient (Wildman–Crippen LogP) is 3.61. The third-order valence-electron chi connectivity index (χ3n) is 4.16. The van der Waals surface area contributed by atoms with Gasteiger partial charge in [0.15, 0.2) is 0 Å². The third-order valence-corrected chi connectivity index (χ3v) is 4.16. The summed E-state index contributed by atoms with van der Waals surface area (Å²) in [6, 6.07) is 6.77. The molecule has 0 saturated heterocycles. The van der Waals surface area contributed by atoms with Crippen molar-refractivity contribution in [2.45, 2.75) is 32.8 Å². The van der Waals surface area contributed by atoms with Crippen LogP contribution in [0.5, 0.6) is 5.75 Å². The molecule has 0 spiro atoms. The van der Waals surface area contributed by atoms with Crippen LogP contribution >= 0.6 is 0 Å². The Morgan fingerprint density at radius 3 is 2.85 bits per heavy atom. The molecule has 26 heavy (non-hydrogen) atoms. The monoisotopic (exact) mass is 360 g/mol. The van der Waals surface area contributed by atoms with Crippen LogP contribution in [0.1, 0.15) is 25.3 Å². The van der Waals surface area contributed by atoms with Crippen molar-refractivity contribution in [1.29, 1.82) is 0 Å². The van der Waals surface area contributed by atoms with Crippen LogP contribution in [0, 0.1) is 6.92 Å². The molecule has 0 fully saturated rings. The van der Waals surface area contributed by atoms with Gasteiger partial charge in [0.05, 0.1) is 18.1 Å². The van der Waals surface area contributed by atoms with Crippen LogP contribution in [-0.2, 0) is 4.89 Å². The van der Waals surface area contributed by atoms with Crippen LogP contribution in [0.25, 0.3) is 11.0 Å². The molecule has 2 aromatic rings. The lowest BCUT2D eigenvalue weighted by atomic mass is 10.0. The van der Waals surface area contributed by atoms with Crippen molar-refractivity contribution in [3.8, 4) is 5.75 Å². The van der Waals surface area contributed by atoms with E-state index in [1.54, 1.807) is 19.1 Å². The molecule has 1 aromatic heterocycles. The van der Waals surface area contributed by atoms with Gasteiger partial charge in [-0.05, 0) is 55.5 Å². The summed E-state index contributed by atoms with van der Waals surface area (Å²) in [5.74, 6) is 0.446. The highest BCUT2D eigenvalue weighted by atomic mass is 17.1. The molecule has 0 aliphatic rings. The lowest BCUT2D eigenvalue weighted by Crippen LogP contribution is -2.12. The lowest BCUT2D eigenvalue weighted by Gasteiger charge is -2.14. The standard InChI is InChI=1S/C20H24O6/c1-13(2)16(26-23)8-7-15(12-21)9-10-24-18-11-19(22)25-17-6-4-5-14(3)20(17)18/h4-6,9,11,16,21,23H,1,7-8,10,12H2,2-3H3/b15-9-/t16-/m1/s1. The topological polar surface area (TPSA) is 89.1 Å². The summed E-state index contributed by atoms with van der Waals surface area (Å²) < 4.78 is 10.9. The number of hydrogen-bond acceptors (Lipinski definition) is 6. The highest BCUT2D eigenvalue weighted by Gasteiger charge is 2.11. The number of fused-ring (bicyclic) bond motifs is 1. The van der Waals surface area contributed by atoms with E-state index in [0.29, 0.717) is 29.7 Å². The summed E-state index contributed by atoms with van der Waals surface area (Å²) in [6.45, 7) is 7.49. The molecule has 0 bridgehead atoms. The normalized spacial score (nSPS) is 13.0. The molecule has 140 valence electrons. The van der Waals surface area contributed by atoms with E-state index in [4.69, 9.17) is 14.4 Å². The molecule has 2 N–H and O–H groups in total. The molecule has 0 unspecified atom stereocenters. The molecule has 0 aliphatic carbocycles. The maximum Gasteiger partial charge on any atom is 0.339 e. The second kappa shape index (κ2) is 9.33. The van der Waals surface area contributed by atoms with Gasteiger partial charge in [-0.3, -0.25) is 5.26 Å². The smallest absolute Gasteiger partial charge is 0.339 e. The van der Waals surface area contributed by atoms with Crippen LogP contribution < -0.4 is 10.4 Å². The van der Waals surface area contributed by atoms with Crippen molar-refractivity contribution in [1.82, 2.24) is 0 Å². The second-order valence-corrected chi connectivity index (χ2v) is 6.19. The van der Waals surface area contributed by atoms with Gasteiger partial charge in [0.2, 0.25) is 0 Å². The van der Waals surface area contributed by atoms with Gasteiger partial charge in [0.1, 0.15) is 24.0 Å². The van der Waals surface area contributed by atoms with Crippen LogP contribution in [0.4, 0.5) is 0 Å². The minimum absolute atomic E-state index is 0.131. The Bertz CT molecular complexity index is 849. The summed E-state index contributed by atoms with van der Waals surface area (Å²) in [5.41, 5.74) is 2.39.